The highest BCUT2D eigenvalue weighted by Gasteiger charge is 2.53. The molecule has 0 saturated heterocycles. The third kappa shape index (κ3) is 4.71. The SMILES string of the molecule is CC[C@H](C)/C=C(C)/C=C/C1=CC2=C(Cl)C(=O)[C@](C)(O)[C@@H](OC(C)=O)[C@@H]2CO1. The highest BCUT2D eigenvalue weighted by molar-refractivity contribution is 6.44. The molecule has 1 N–H and O–H groups in total. The summed E-state index contributed by atoms with van der Waals surface area (Å²) in [6, 6.07) is 0. The third-order valence-electron chi connectivity index (χ3n) is 4.95. The van der Waals surface area contributed by atoms with Crippen molar-refractivity contribution in [2.45, 2.75) is 52.7 Å². The summed E-state index contributed by atoms with van der Waals surface area (Å²) in [6.07, 6.45) is 7.62. The number of aliphatic hydroxyl groups is 1. The number of esters is 1. The lowest BCUT2D eigenvalue weighted by Crippen LogP contribution is -2.57. The number of carbonyl (C=O) groups is 2. The van der Waals surface area contributed by atoms with E-state index in [0.29, 0.717) is 17.3 Å². The minimum absolute atomic E-state index is 0.0468. The summed E-state index contributed by atoms with van der Waals surface area (Å²) >= 11 is 6.24. The number of rotatable bonds is 5. The molecule has 27 heavy (non-hydrogen) atoms. The average Bonchev–Trinajstić information content (AvgIpc) is 2.61. The van der Waals surface area contributed by atoms with E-state index in [0.717, 1.165) is 12.0 Å². The Morgan fingerprint density at radius 3 is 2.78 bits per heavy atom. The molecule has 0 spiro atoms. The van der Waals surface area contributed by atoms with Gasteiger partial charge in [0.15, 0.2) is 5.60 Å². The van der Waals surface area contributed by atoms with E-state index >= 15 is 0 Å². The zero-order chi connectivity index (χ0) is 20.4. The number of carbonyl (C=O) groups excluding carboxylic acids is 2. The molecule has 6 heteroatoms. The lowest BCUT2D eigenvalue weighted by molar-refractivity contribution is -0.174. The topological polar surface area (TPSA) is 72.8 Å². The van der Waals surface area contributed by atoms with Gasteiger partial charge in [-0.2, -0.15) is 0 Å². The third-order valence-corrected chi connectivity index (χ3v) is 5.34. The number of fused-ring (bicyclic) bond motifs is 1. The van der Waals surface area contributed by atoms with Crippen molar-refractivity contribution in [1.82, 2.24) is 0 Å². The van der Waals surface area contributed by atoms with Crippen LogP contribution in [0, 0.1) is 11.8 Å². The van der Waals surface area contributed by atoms with Gasteiger partial charge in [0.05, 0.1) is 17.6 Å². The van der Waals surface area contributed by atoms with Crippen LogP contribution < -0.4 is 0 Å². The zero-order valence-electron chi connectivity index (χ0n) is 16.4. The first-order valence-corrected chi connectivity index (χ1v) is 9.50. The minimum Gasteiger partial charge on any atom is -0.493 e. The molecule has 0 aromatic carbocycles. The van der Waals surface area contributed by atoms with Gasteiger partial charge in [-0.15, -0.1) is 0 Å². The molecule has 0 aromatic heterocycles. The normalized spacial score (nSPS) is 30.0. The molecule has 1 heterocycles. The maximum atomic E-state index is 12.5. The molecule has 0 amide bonds. The quantitative estimate of drug-likeness (QED) is 0.566. The maximum absolute atomic E-state index is 12.5. The number of Topliss-reactive ketones (excluding diaryl/α,β-unsaturated/α-hetero) is 1. The van der Waals surface area contributed by atoms with Crippen molar-refractivity contribution in [3.05, 3.63) is 46.2 Å². The number of hydrogen-bond acceptors (Lipinski definition) is 5. The van der Waals surface area contributed by atoms with Crippen molar-refractivity contribution >= 4 is 23.4 Å². The number of halogens is 1. The van der Waals surface area contributed by atoms with Crippen LogP contribution in [0.2, 0.25) is 0 Å². The van der Waals surface area contributed by atoms with E-state index in [2.05, 4.69) is 19.9 Å². The van der Waals surface area contributed by atoms with E-state index < -0.39 is 29.4 Å². The Morgan fingerprint density at radius 1 is 1.52 bits per heavy atom. The van der Waals surface area contributed by atoms with Gasteiger partial charge >= 0.3 is 5.97 Å². The Labute approximate surface area is 165 Å². The zero-order valence-corrected chi connectivity index (χ0v) is 17.2. The van der Waals surface area contributed by atoms with Crippen molar-refractivity contribution < 1.29 is 24.2 Å². The molecule has 5 nitrogen and oxygen atoms in total. The molecule has 0 saturated carbocycles. The molecule has 148 valence electrons. The Kier molecular flexibility index (Phi) is 6.71. The maximum Gasteiger partial charge on any atom is 0.303 e. The molecule has 0 unspecified atom stereocenters. The Hall–Kier alpha value is -1.85. The van der Waals surface area contributed by atoms with E-state index in [1.54, 1.807) is 6.08 Å². The fourth-order valence-electron chi connectivity index (χ4n) is 3.24. The van der Waals surface area contributed by atoms with E-state index in [1.165, 1.54) is 13.8 Å². The summed E-state index contributed by atoms with van der Waals surface area (Å²) in [4.78, 5) is 23.9. The highest BCUT2D eigenvalue weighted by atomic mass is 35.5. The fourth-order valence-corrected chi connectivity index (χ4v) is 3.62. The van der Waals surface area contributed by atoms with Gasteiger partial charge in [0, 0.05) is 6.92 Å². The first-order chi connectivity index (χ1) is 12.6. The van der Waals surface area contributed by atoms with Crippen LogP contribution >= 0.6 is 11.6 Å². The van der Waals surface area contributed by atoms with Crippen molar-refractivity contribution in [2.24, 2.45) is 11.8 Å². The molecule has 0 radical (unpaired) electrons. The smallest absolute Gasteiger partial charge is 0.303 e. The largest absolute Gasteiger partial charge is 0.493 e. The molecule has 0 bridgehead atoms. The van der Waals surface area contributed by atoms with E-state index in [9.17, 15) is 14.7 Å². The highest BCUT2D eigenvalue weighted by Crippen LogP contribution is 2.41. The van der Waals surface area contributed by atoms with Crippen LogP contribution in [0.3, 0.4) is 0 Å². The lowest BCUT2D eigenvalue weighted by Gasteiger charge is -2.42. The molecular weight excluding hydrogens is 368 g/mol. The van der Waals surface area contributed by atoms with E-state index in [1.807, 2.05) is 19.1 Å². The van der Waals surface area contributed by atoms with Gasteiger partial charge in [0.1, 0.15) is 11.9 Å². The van der Waals surface area contributed by atoms with Gasteiger partial charge in [0.2, 0.25) is 5.78 Å². The predicted molar refractivity (Wildman–Crippen MR) is 104 cm³/mol. The molecule has 1 aliphatic carbocycles. The van der Waals surface area contributed by atoms with Crippen molar-refractivity contribution in [1.29, 1.82) is 0 Å². The summed E-state index contributed by atoms with van der Waals surface area (Å²) in [5.74, 6) is -0.697. The molecule has 4 atom stereocenters. The molecule has 1 aliphatic heterocycles. The van der Waals surface area contributed by atoms with Crippen LogP contribution in [0.1, 0.15) is 41.0 Å². The summed E-state index contributed by atoms with van der Waals surface area (Å²) in [7, 11) is 0. The van der Waals surface area contributed by atoms with Crippen LogP contribution in [0.4, 0.5) is 0 Å². The monoisotopic (exact) mass is 394 g/mol. The Morgan fingerprint density at radius 2 is 2.19 bits per heavy atom. The summed E-state index contributed by atoms with van der Waals surface area (Å²) in [5.41, 5.74) is -0.262. The molecule has 0 aromatic rings. The van der Waals surface area contributed by atoms with E-state index in [-0.39, 0.29) is 11.6 Å². The first-order valence-electron chi connectivity index (χ1n) is 9.13. The predicted octanol–water partition coefficient (Wildman–Crippen LogP) is 3.82. The minimum atomic E-state index is -1.89. The van der Waals surface area contributed by atoms with Crippen molar-refractivity contribution in [2.75, 3.05) is 6.61 Å². The van der Waals surface area contributed by atoms with E-state index in [4.69, 9.17) is 21.1 Å². The van der Waals surface area contributed by atoms with Gasteiger partial charge in [-0.1, -0.05) is 49.6 Å². The Balaban J connectivity index is 2.34. The van der Waals surface area contributed by atoms with Crippen LogP contribution in [0.5, 0.6) is 0 Å². The van der Waals surface area contributed by atoms with Crippen molar-refractivity contribution in [3.8, 4) is 0 Å². The van der Waals surface area contributed by atoms with Gasteiger partial charge < -0.3 is 14.6 Å². The lowest BCUT2D eigenvalue weighted by atomic mass is 9.74. The van der Waals surface area contributed by atoms with Gasteiger partial charge in [-0.25, -0.2) is 0 Å². The average molecular weight is 395 g/mol. The molecule has 2 aliphatic rings. The number of hydrogen-bond donors (Lipinski definition) is 1. The number of ether oxygens (including phenoxy) is 2. The fraction of sp³-hybridized carbons (Fsp3) is 0.524. The summed E-state index contributed by atoms with van der Waals surface area (Å²) in [5, 5.41) is 10.5. The summed E-state index contributed by atoms with van der Waals surface area (Å²) < 4.78 is 11.0. The number of ketones is 1. The first kappa shape index (κ1) is 21.5. The van der Waals surface area contributed by atoms with Crippen molar-refractivity contribution in [3.63, 3.8) is 0 Å². The second-order valence-corrected chi connectivity index (χ2v) is 7.75. The van der Waals surface area contributed by atoms with Crippen LogP contribution in [0.15, 0.2) is 46.2 Å². The second kappa shape index (κ2) is 8.44. The van der Waals surface area contributed by atoms with Crippen LogP contribution in [-0.2, 0) is 19.1 Å². The Bertz CT molecular complexity index is 742. The summed E-state index contributed by atoms with van der Waals surface area (Å²) in [6.45, 7) is 8.99. The molecule has 2 rings (SSSR count). The van der Waals surface area contributed by atoms with Crippen LogP contribution in [0.25, 0.3) is 0 Å². The van der Waals surface area contributed by atoms with Gasteiger partial charge in [0.25, 0.3) is 0 Å². The molecule has 0 fully saturated rings. The number of allylic oxidation sites excluding steroid dienone is 5. The standard InChI is InChI=1S/C21H27ClO5/c1-6-12(2)9-13(3)7-8-15-10-16-17(11-26-15)20(27-14(4)23)21(5,25)19(24)18(16)22/h7-10,12,17,20,25H,6,11H2,1-5H3/b8-7+,13-9+/t12-,17+,20-,21-/m0/s1. The van der Waals surface area contributed by atoms with Crippen LogP contribution in [-0.4, -0.2) is 35.2 Å². The van der Waals surface area contributed by atoms with Gasteiger partial charge in [-0.05, 0) is 37.5 Å². The second-order valence-electron chi connectivity index (χ2n) is 7.37. The molecular formula is C21H27ClO5. The van der Waals surface area contributed by atoms with Gasteiger partial charge in [-0.3, -0.25) is 9.59 Å².